The van der Waals surface area contributed by atoms with Crippen LogP contribution in [0.1, 0.15) is 6.92 Å². The van der Waals surface area contributed by atoms with Crippen LogP contribution in [0.4, 0.5) is 0 Å². The highest BCUT2D eigenvalue weighted by Gasteiger charge is 2.32. The predicted molar refractivity (Wildman–Crippen MR) is 75.2 cm³/mol. The third-order valence-corrected chi connectivity index (χ3v) is 3.57. The first-order valence-corrected chi connectivity index (χ1v) is 6.66. The zero-order valence-electron chi connectivity index (χ0n) is 11.0. The average Bonchev–Trinajstić information content (AvgIpc) is 2.79. The van der Waals surface area contributed by atoms with Crippen molar-refractivity contribution in [1.29, 1.82) is 0 Å². The van der Waals surface area contributed by atoms with E-state index in [1.807, 2.05) is 19.0 Å². The molecule has 0 aromatic carbocycles. The van der Waals surface area contributed by atoms with Crippen molar-refractivity contribution in [1.82, 2.24) is 25.8 Å². The summed E-state index contributed by atoms with van der Waals surface area (Å²) >= 11 is 5.21. The van der Waals surface area contributed by atoms with Crippen LogP contribution < -0.4 is 10.9 Å². The van der Waals surface area contributed by atoms with E-state index in [-0.39, 0.29) is 6.17 Å². The topological polar surface area (TPSA) is 67.7 Å². The molecule has 1 atom stereocenters. The maximum absolute atomic E-state index is 5.34. The smallest absolute Gasteiger partial charge is 0.252 e. The van der Waals surface area contributed by atoms with Crippen LogP contribution in [-0.2, 0) is 4.74 Å². The summed E-state index contributed by atoms with van der Waals surface area (Å²) in [5.74, 6) is 1.40. The van der Waals surface area contributed by atoms with Gasteiger partial charge in [-0.2, -0.15) is 9.98 Å². The predicted octanol–water partition coefficient (Wildman–Crippen LogP) is -1.07. The SMILES string of the molecule is CC1NN(C)C(=S)N=C2N=C(N3CCOCC3)NN21. The molecule has 0 aliphatic carbocycles. The van der Waals surface area contributed by atoms with Crippen molar-refractivity contribution in [2.75, 3.05) is 33.4 Å². The molecule has 1 unspecified atom stereocenters. The summed E-state index contributed by atoms with van der Waals surface area (Å²) in [6.45, 7) is 5.13. The third kappa shape index (κ3) is 2.36. The summed E-state index contributed by atoms with van der Waals surface area (Å²) in [6.07, 6.45) is 0.00601. The second-order valence-corrected chi connectivity index (χ2v) is 4.94. The minimum atomic E-state index is 0.00601. The Bertz CT molecular complexity index is 445. The number of aliphatic imine (C=N–C) groups is 2. The van der Waals surface area contributed by atoms with Gasteiger partial charge in [0, 0.05) is 20.1 Å². The minimum absolute atomic E-state index is 0.00601. The molecule has 3 heterocycles. The molecule has 0 aromatic heterocycles. The number of ether oxygens (including phenoxy) is 1. The fourth-order valence-corrected chi connectivity index (χ4v) is 2.28. The molecule has 0 aromatic rings. The quantitative estimate of drug-likeness (QED) is 0.549. The molecule has 1 fully saturated rings. The summed E-state index contributed by atoms with van der Waals surface area (Å²) in [5, 5.41) is 4.07. The molecule has 3 aliphatic rings. The summed E-state index contributed by atoms with van der Waals surface area (Å²) in [4.78, 5) is 11.0. The maximum atomic E-state index is 5.34. The van der Waals surface area contributed by atoms with Gasteiger partial charge in [0.1, 0.15) is 6.17 Å². The zero-order valence-corrected chi connectivity index (χ0v) is 11.8. The Morgan fingerprint density at radius 2 is 2.05 bits per heavy atom. The Morgan fingerprint density at radius 1 is 1.32 bits per heavy atom. The Labute approximate surface area is 117 Å². The first-order chi connectivity index (χ1) is 9.15. The molecule has 8 nitrogen and oxygen atoms in total. The van der Waals surface area contributed by atoms with Gasteiger partial charge in [0.25, 0.3) is 5.96 Å². The Kier molecular flexibility index (Phi) is 3.25. The summed E-state index contributed by atoms with van der Waals surface area (Å²) in [7, 11) is 1.84. The fourth-order valence-electron chi connectivity index (χ4n) is 2.15. The average molecular weight is 283 g/mol. The number of thiocarbonyl (C=S) groups is 1. The monoisotopic (exact) mass is 283 g/mol. The van der Waals surface area contributed by atoms with Gasteiger partial charge < -0.3 is 9.64 Å². The Balaban J connectivity index is 1.82. The van der Waals surface area contributed by atoms with Crippen molar-refractivity contribution in [2.45, 2.75) is 13.1 Å². The van der Waals surface area contributed by atoms with E-state index in [2.05, 4.69) is 25.7 Å². The van der Waals surface area contributed by atoms with Crippen molar-refractivity contribution in [3.8, 4) is 0 Å². The van der Waals surface area contributed by atoms with Crippen LogP contribution in [0.5, 0.6) is 0 Å². The standard InChI is InChI=1S/C10H17N7OS/c1-7-13-15(2)10(19)12-8-11-9(14-17(7)8)16-3-5-18-6-4-16/h7,13H,3-6H2,1-2H3,(H,11,12,14,19). The lowest BCUT2D eigenvalue weighted by molar-refractivity contribution is 0.0646. The van der Waals surface area contributed by atoms with Crippen LogP contribution in [0.3, 0.4) is 0 Å². The molecule has 0 saturated carbocycles. The number of nitrogens with one attached hydrogen (secondary N) is 2. The van der Waals surface area contributed by atoms with Gasteiger partial charge in [0.2, 0.25) is 11.1 Å². The van der Waals surface area contributed by atoms with Crippen LogP contribution >= 0.6 is 12.2 Å². The highest BCUT2D eigenvalue weighted by atomic mass is 32.1. The normalized spacial score (nSPS) is 27.6. The molecule has 0 bridgehead atoms. The van der Waals surface area contributed by atoms with Crippen molar-refractivity contribution in [3.63, 3.8) is 0 Å². The molecule has 1 saturated heterocycles. The van der Waals surface area contributed by atoms with E-state index in [1.54, 1.807) is 5.01 Å². The van der Waals surface area contributed by atoms with E-state index < -0.39 is 0 Å². The van der Waals surface area contributed by atoms with Gasteiger partial charge in [-0.3, -0.25) is 10.4 Å². The van der Waals surface area contributed by atoms with E-state index in [4.69, 9.17) is 17.0 Å². The molecule has 0 radical (unpaired) electrons. The lowest BCUT2D eigenvalue weighted by Gasteiger charge is -2.31. The molecule has 0 amide bonds. The number of morpholine rings is 1. The molecule has 3 aliphatic heterocycles. The van der Waals surface area contributed by atoms with E-state index in [9.17, 15) is 0 Å². The molecular weight excluding hydrogens is 266 g/mol. The highest BCUT2D eigenvalue weighted by molar-refractivity contribution is 7.80. The summed E-state index contributed by atoms with van der Waals surface area (Å²) in [6, 6.07) is 0. The van der Waals surface area contributed by atoms with Gasteiger partial charge in [-0.15, -0.1) is 0 Å². The van der Waals surface area contributed by atoms with Crippen molar-refractivity contribution >= 4 is 29.2 Å². The number of fused-ring (bicyclic) bond motifs is 1. The molecule has 104 valence electrons. The molecule has 2 N–H and O–H groups in total. The van der Waals surface area contributed by atoms with Crippen LogP contribution in [-0.4, -0.2) is 71.5 Å². The summed E-state index contributed by atoms with van der Waals surface area (Å²) < 4.78 is 5.34. The molecule has 9 heteroatoms. The molecule has 19 heavy (non-hydrogen) atoms. The van der Waals surface area contributed by atoms with Gasteiger partial charge in [-0.1, -0.05) is 0 Å². The zero-order chi connectivity index (χ0) is 13.4. The largest absolute Gasteiger partial charge is 0.378 e. The number of rotatable bonds is 0. The van der Waals surface area contributed by atoms with Crippen molar-refractivity contribution < 1.29 is 4.74 Å². The number of hydrogen-bond acceptors (Lipinski definition) is 7. The maximum Gasteiger partial charge on any atom is 0.252 e. The number of hydrazine groups is 2. The van der Waals surface area contributed by atoms with Crippen LogP contribution in [0.2, 0.25) is 0 Å². The number of guanidine groups is 2. The highest BCUT2D eigenvalue weighted by Crippen LogP contribution is 2.11. The Hall–Kier alpha value is -1.45. The lowest BCUT2D eigenvalue weighted by atomic mass is 10.4. The van der Waals surface area contributed by atoms with Gasteiger partial charge in [0.05, 0.1) is 13.2 Å². The first kappa shape index (κ1) is 12.6. The van der Waals surface area contributed by atoms with Gasteiger partial charge in [-0.05, 0) is 19.1 Å². The lowest BCUT2D eigenvalue weighted by Crippen LogP contribution is -2.56. The first-order valence-electron chi connectivity index (χ1n) is 6.25. The van der Waals surface area contributed by atoms with E-state index in [0.717, 1.165) is 32.3 Å². The van der Waals surface area contributed by atoms with Gasteiger partial charge in [-0.25, -0.2) is 10.4 Å². The van der Waals surface area contributed by atoms with E-state index in [1.165, 1.54) is 0 Å². The minimum Gasteiger partial charge on any atom is -0.378 e. The summed E-state index contributed by atoms with van der Waals surface area (Å²) in [5.41, 5.74) is 6.48. The van der Waals surface area contributed by atoms with Gasteiger partial charge in [0.15, 0.2) is 0 Å². The second kappa shape index (κ2) is 4.91. The molecule has 3 rings (SSSR count). The van der Waals surface area contributed by atoms with Crippen molar-refractivity contribution in [3.05, 3.63) is 0 Å². The Morgan fingerprint density at radius 3 is 2.79 bits per heavy atom. The van der Waals surface area contributed by atoms with Crippen molar-refractivity contribution in [2.24, 2.45) is 9.98 Å². The number of hydrogen-bond donors (Lipinski definition) is 2. The van der Waals surface area contributed by atoms with Crippen LogP contribution in [0, 0.1) is 0 Å². The molecular formula is C10H17N7OS. The van der Waals surface area contributed by atoms with Gasteiger partial charge >= 0.3 is 0 Å². The van der Waals surface area contributed by atoms with Crippen LogP contribution in [0.25, 0.3) is 0 Å². The molecule has 0 spiro atoms. The van der Waals surface area contributed by atoms with E-state index in [0.29, 0.717) is 11.1 Å². The number of nitrogens with zero attached hydrogens (tertiary/aromatic N) is 5. The van der Waals surface area contributed by atoms with E-state index >= 15 is 0 Å². The third-order valence-electron chi connectivity index (χ3n) is 3.20. The van der Waals surface area contributed by atoms with Crippen LogP contribution in [0.15, 0.2) is 9.98 Å². The fraction of sp³-hybridized carbons (Fsp3) is 0.700. The second-order valence-electron chi connectivity index (χ2n) is 4.58.